The summed E-state index contributed by atoms with van der Waals surface area (Å²) in [6.07, 6.45) is 0.814. The highest BCUT2D eigenvalue weighted by Gasteiger charge is 1.70. The zero-order valence-electron chi connectivity index (χ0n) is 6.00. The maximum Gasteiger partial charge on any atom is 0.0230 e. The lowest BCUT2D eigenvalue weighted by Gasteiger charge is -1.77. The third kappa shape index (κ3) is 4.29. The Morgan fingerprint density at radius 2 is 2.80 bits per heavy atom. The molecular weight excluding hydrogens is 83.5 g/mol. The minimum Gasteiger partial charge on any atom is -0.127 e. The van der Waals surface area contributed by atoms with E-state index in [-0.39, 0.29) is 6.42 Å². The molecule has 0 nitrogen and oxygen atoms in total. The average molecular weight is 95.6 g/mol. The molecule has 0 unspecified atom stereocenters. The van der Waals surface area contributed by atoms with Gasteiger partial charge in [-0.15, -0.1) is 11.6 Å². The fourth-order valence-electron chi connectivity index (χ4n) is 0.0668. The van der Waals surface area contributed by atoms with Gasteiger partial charge in [-0.1, -0.05) is 13.3 Å². The van der Waals surface area contributed by atoms with E-state index in [0.29, 0.717) is 12.3 Å². The Morgan fingerprint density at radius 1 is 2.00 bits per heavy atom. The quantitative estimate of drug-likeness (QED) is 0.461. The van der Waals surface area contributed by atoms with Crippen molar-refractivity contribution in [2.24, 2.45) is 0 Å². The van der Waals surface area contributed by atoms with Crippen molar-refractivity contribution in [3.8, 4) is 0 Å². The molecule has 32 valence electrons. The molecule has 5 heavy (non-hydrogen) atoms. The second kappa shape index (κ2) is 4.29. The van der Waals surface area contributed by atoms with Gasteiger partial charge in [0.2, 0.25) is 0 Å². The minimum atomic E-state index is -1.78. The maximum atomic E-state index is 6.71. The molecule has 0 rings (SSSR count). The highest BCUT2D eigenvalue weighted by molar-refractivity contribution is 6.17. The summed E-state index contributed by atoms with van der Waals surface area (Å²) in [5.41, 5.74) is 0. The minimum absolute atomic E-state index is 0.233. The molecule has 0 N–H and O–H groups in total. The SMILES string of the molecule is [2H]C([2H])([2H])CCCCl. The van der Waals surface area contributed by atoms with Crippen LogP contribution in [0.1, 0.15) is 23.8 Å². The van der Waals surface area contributed by atoms with Gasteiger partial charge in [-0.05, 0) is 6.42 Å². The van der Waals surface area contributed by atoms with Crippen LogP contribution in [0.4, 0.5) is 0 Å². The summed E-state index contributed by atoms with van der Waals surface area (Å²) in [5, 5.41) is 0. The molecule has 1 heteroatoms. The van der Waals surface area contributed by atoms with Gasteiger partial charge in [0, 0.05) is 9.99 Å². The normalized spacial score (nSPS) is 19.8. The molecule has 0 radical (unpaired) electrons. The maximum absolute atomic E-state index is 6.71. The highest BCUT2D eigenvalue weighted by atomic mass is 35.5. The van der Waals surface area contributed by atoms with Gasteiger partial charge >= 0.3 is 0 Å². The fraction of sp³-hybridized carbons (Fsp3) is 1.00. The molecule has 0 aromatic heterocycles. The lowest BCUT2D eigenvalue weighted by Crippen LogP contribution is -1.65. The van der Waals surface area contributed by atoms with Gasteiger partial charge < -0.3 is 0 Å². The average Bonchev–Trinajstić information content (AvgIpc) is 1.59. The molecule has 0 aliphatic heterocycles. The Labute approximate surface area is 42.4 Å². The first-order valence-corrected chi connectivity index (χ1v) is 2.16. The summed E-state index contributed by atoms with van der Waals surface area (Å²) in [4.78, 5) is 0. The van der Waals surface area contributed by atoms with Gasteiger partial charge in [-0.3, -0.25) is 0 Å². The van der Waals surface area contributed by atoms with E-state index in [0.717, 1.165) is 0 Å². The van der Waals surface area contributed by atoms with Gasteiger partial charge in [-0.2, -0.15) is 0 Å². The summed E-state index contributed by atoms with van der Waals surface area (Å²) in [6.45, 7) is -1.78. The molecule has 0 saturated carbocycles. The topological polar surface area (TPSA) is 0 Å². The first-order chi connectivity index (χ1) is 3.56. The van der Waals surface area contributed by atoms with Crippen molar-refractivity contribution in [2.45, 2.75) is 19.7 Å². The third-order valence-corrected chi connectivity index (χ3v) is 0.578. The van der Waals surface area contributed by atoms with Crippen molar-refractivity contribution in [3.05, 3.63) is 0 Å². The number of hydrogen-bond donors (Lipinski definition) is 0. The smallest absolute Gasteiger partial charge is 0.0230 e. The molecule has 0 saturated heterocycles. The van der Waals surface area contributed by atoms with Crippen molar-refractivity contribution >= 4 is 11.6 Å². The standard InChI is InChI=1S/C4H9Cl/c1-2-3-4-5/h2-4H2,1H3/i1D3. The van der Waals surface area contributed by atoms with Gasteiger partial charge in [0.1, 0.15) is 0 Å². The molecule has 0 atom stereocenters. The van der Waals surface area contributed by atoms with Crippen molar-refractivity contribution in [2.75, 3.05) is 5.88 Å². The zero-order chi connectivity index (χ0) is 6.62. The number of alkyl halides is 1. The van der Waals surface area contributed by atoms with E-state index in [1.54, 1.807) is 0 Å². The van der Waals surface area contributed by atoms with Crippen LogP contribution in [0, 0.1) is 0 Å². The van der Waals surface area contributed by atoms with Crippen LogP contribution in [0.25, 0.3) is 0 Å². The Morgan fingerprint density at radius 3 is 3.00 bits per heavy atom. The Hall–Kier alpha value is 0.290. The van der Waals surface area contributed by atoms with Gasteiger partial charge in [0.25, 0.3) is 0 Å². The lowest BCUT2D eigenvalue weighted by molar-refractivity contribution is 0.892. The summed E-state index contributed by atoms with van der Waals surface area (Å²) in [7, 11) is 0. The van der Waals surface area contributed by atoms with Crippen LogP contribution >= 0.6 is 11.6 Å². The predicted octanol–water partition coefficient (Wildman–Crippen LogP) is 2.03. The summed E-state index contributed by atoms with van der Waals surface area (Å²) in [6, 6.07) is 0. The van der Waals surface area contributed by atoms with E-state index >= 15 is 0 Å². The van der Waals surface area contributed by atoms with Crippen molar-refractivity contribution in [1.82, 2.24) is 0 Å². The van der Waals surface area contributed by atoms with Crippen LogP contribution in [-0.4, -0.2) is 5.88 Å². The summed E-state index contributed by atoms with van der Waals surface area (Å²) >= 11 is 5.26. The first kappa shape index (κ1) is 1.83. The van der Waals surface area contributed by atoms with Gasteiger partial charge in [0.05, 0.1) is 0 Å². The monoisotopic (exact) mass is 95.1 g/mol. The second-order valence-electron chi connectivity index (χ2n) is 0.793. The van der Waals surface area contributed by atoms with Crippen molar-refractivity contribution < 1.29 is 4.11 Å². The first-order valence-electron chi connectivity index (χ1n) is 3.12. The van der Waals surface area contributed by atoms with E-state index in [9.17, 15) is 0 Å². The Bertz CT molecular complexity index is 58.8. The molecule has 0 spiro atoms. The zero-order valence-corrected chi connectivity index (χ0v) is 3.76. The molecule has 0 heterocycles. The second-order valence-corrected chi connectivity index (χ2v) is 1.17. The number of halogens is 1. The summed E-state index contributed by atoms with van der Waals surface area (Å²) in [5.74, 6) is 0.443. The van der Waals surface area contributed by atoms with E-state index in [1.807, 2.05) is 0 Å². The molecule has 0 aromatic carbocycles. The number of rotatable bonds is 2. The molecule has 0 aliphatic carbocycles. The van der Waals surface area contributed by atoms with E-state index < -0.39 is 6.85 Å². The third-order valence-electron chi connectivity index (χ3n) is 0.310. The predicted molar refractivity (Wildman–Crippen MR) is 25.6 cm³/mol. The van der Waals surface area contributed by atoms with Crippen LogP contribution in [0.15, 0.2) is 0 Å². The fourth-order valence-corrected chi connectivity index (χ4v) is 0.200. The molecule has 0 aromatic rings. The van der Waals surface area contributed by atoms with Crippen LogP contribution in [0.3, 0.4) is 0 Å². The Kier molecular flexibility index (Phi) is 1.57. The van der Waals surface area contributed by atoms with Gasteiger partial charge in [-0.25, -0.2) is 0 Å². The van der Waals surface area contributed by atoms with Crippen LogP contribution < -0.4 is 0 Å². The highest BCUT2D eigenvalue weighted by Crippen LogP contribution is 1.86. The largest absolute Gasteiger partial charge is 0.127 e. The molecular formula is C4H9Cl. The van der Waals surface area contributed by atoms with Crippen LogP contribution in [0.2, 0.25) is 0 Å². The Balaban J connectivity index is 3.11. The van der Waals surface area contributed by atoms with E-state index in [1.165, 1.54) is 0 Å². The van der Waals surface area contributed by atoms with Crippen LogP contribution in [-0.2, 0) is 0 Å². The number of hydrogen-bond acceptors (Lipinski definition) is 0. The van der Waals surface area contributed by atoms with Crippen molar-refractivity contribution in [1.29, 1.82) is 0 Å². The lowest BCUT2D eigenvalue weighted by atomic mass is 10.4. The molecule has 0 aliphatic rings. The summed E-state index contributed by atoms with van der Waals surface area (Å²) < 4.78 is 20.1. The molecule has 0 fully saturated rings. The van der Waals surface area contributed by atoms with E-state index in [2.05, 4.69) is 0 Å². The van der Waals surface area contributed by atoms with E-state index in [4.69, 9.17) is 15.7 Å². The van der Waals surface area contributed by atoms with Crippen LogP contribution in [0.5, 0.6) is 0 Å². The molecule has 0 amide bonds. The molecule has 0 bridgehead atoms. The van der Waals surface area contributed by atoms with Crippen molar-refractivity contribution in [3.63, 3.8) is 0 Å². The van der Waals surface area contributed by atoms with Gasteiger partial charge in [0.15, 0.2) is 0 Å².